The van der Waals surface area contributed by atoms with Gasteiger partial charge in [0.1, 0.15) is 0 Å². The van der Waals surface area contributed by atoms with Gasteiger partial charge in [0.15, 0.2) is 0 Å². The van der Waals surface area contributed by atoms with E-state index in [4.69, 9.17) is 5.73 Å². The molecular formula is C12H25N3S. The second-order valence-corrected chi connectivity index (χ2v) is 6.54. The Hall–Kier alpha value is 0.230. The molecular weight excluding hydrogens is 218 g/mol. The molecule has 2 N–H and O–H groups in total. The highest BCUT2D eigenvalue weighted by molar-refractivity contribution is 7.99. The van der Waals surface area contributed by atoms with Crippen LogP contribution in [-0.2, 0) is 0 Å². The summed E-state index contributed by atoms with van der Waals surface area (Å²) in [4.78, 5) is 5.14. The van der Waals surface area contributed by atoms with Gasteiger partial charge in [-0.05, 0) is 33.4 Å². The molecule has 2 saturated heterocycles. The molecule has 2 fully saturated rings. The summed E-state index contributed by atoms with van der Waals surface area (Å²) in [5.41, 5.74) is 6.41. The lowest BCUT2D eigenvalue weighted by atomic mass is 9.82. The van der Waals surface area contributed by atoms with Gasteiger partial charge in [-0.15, -0.1) is 0 Å². The predicted molar refractivity (Wildman–Crippen MR) is 72.0 cm³/mol. The van der Waals surface area contributed by atoms with Crippen LogP contribution in [0.3, 0.4) is 0 Å². The van der Waals surface area contributed by atoms with E-state index < -0.39 is 0 Å². The van der Waals surface area contributed by atoms with Crippen molar-refractivity contribution >= 4 is 11.8 Å². The first-order chi connectivity index (χ1) is 7.68. The third-order valence-electron chi connectivity index (χ3n) is 4.42. The molecule has 0 radical (unpaired) electrons. The quantitative estimate of drug-likeness (QED) is 0.779. The summed E-state index contributed by atoms with van der Waals surface area (Å²) in [6, 6.07) is 0.673. The Bertz CT molecular complexity index is 230. The van der Waals surface area contributed by atoms with Crippen LogP contribution in [0.15, 0.2) is 0 Å². The van der Waals surface area contributed by atoms with E-state index in [-0.39, 0.29) is 0 Å². The van der Waals surface area contributed by atoms with Crippen LogP contribution in [-0.4, -0.2) is 66.1 Å². The zero-order valence-electron chi connectivity index (χ0n) is 10.6. The normalized spacial score (nSPS) is 38.8. The van der Waals surface area contributed by atoms with Crippen LogP contribution in [0.25, 0.3) is 0 Å². The van der Waals surface area contributed by atoms with Crippen molar-refractivity contribution in [1.29, 1.82) is 0 Å². The lowest BCUT2D eigenvalue weighted by Crippen LogP contribution is -2.62. The molecule has 2 rings (SSSR count). The first kappa shape index (κ1) is 12.7. The van der Waals surface area contributed by atoms with Crippen LogP contribution < -0.4 is 5.73 Å². The van der Waals surface area contributed by atoms with Gasteiger partial charge in [-0.1, -0.05) is 0 Å². The topological polar surface area (TPSA) is 32.5 Å². The molecule has 0 aliphatic carbocycles. The number of thioether (sulfide) groups is 1. The van der Waals surface area contributed by atoms with Gasteiger partial charge >= 0.3 is 0 Å². The fourth-order valence-corrected chi connectivity index (χ4v) is 3.96. The molecule has 0 bridgehead atoms. The molecule has 2 atom stereocenters. The molecule has 0 saturated carbocycles. The zero-order valence-corrected chi connectivity index (χ0v) is 11.4. The summed E-state index contributed by atoms with van der Waals surface area (Å²) in [5.74, 6) is 2.57. The molecule has 0 aromatic carbocycles. The number of hydrogen-bond acceptors (Lipinski definition) is 4. The fourth-order valence-electron chi connectivity index (χ4n) is 3.05. The highest BCUT2D eigenvalue weighted by atomic mass is 32.2. The summed E-state index contributed by atoms with van der Waals surface area (Å²) in [6.45, 7) is 6.83. The Balaban J connectivity index is 2.06. The minimum atomic E-state index is 0.299. The summed E-state index contributed by atoms with van der Waals surface area (Å²) in [6.07, 6.45) is 2.49. The standard InChI is InChI=1S/C12H25N3S/c1-11-9-12(10-13,3-4-14(11)2)15-5-7-16-8-6-15/h11H,3-10,13H2,1-2H3. The van der Waals surface area contributed by atoms with Gasteiger partial charge in [0.2, 0.25) is 0 Å². The predicted octanol–water partition coefficient (Wildman–Crippen LogP) is 0.847. The van der Waals surface area contributed by atoms with Crippen molar-refractivity contribution in [3.05, 3.63) is 0 Å². The maximum Gasteiger partial charge on any atom is 0.0359 e. The smallest absolute Gasteiger partial charge is 0.0359 e. The average Bonchev–Trinajstić information content (AvgIpc) is 2.34. The summed E-state index contributed by atoms with van der Waals surface area (Å²) in [7, 11) is 2.23. The van der Waals surface area contributed by atoms with Gasteiger partial charge < -0.3 is 10.6 Å². The molecule has 0 aromatic rings. The molecule has 0 spiro atoms. The van der Waals surface area contributed by atoms with Crippen LogP contribution in [0, 0.1) is 0 Å². The molecule has 94 valence electrons. The highest BCUT2D eigenvalue weighted by Gasteiger charge is 2.40. The largest absolute Gasteiger partial charge is 0.329 e. The van der Waals surface area contributed by atoms with Crippen LogP contribution in [0.5, 0.6) is 0 Å². The summed E-state index contributed by atoms with van der Waals surface area (Å²) in [5, 5.41) is 0. The number of hydrogen-bond donors (Lipinski definition) is 1. The van der Waals surface area contributed by atoms with E-state index in [1.807, 2.05) is 0 Å². The molecule has 0 aromatic heterocycles. The van der Waals surface area contributed by atoms with E-state index >= 15 is 0 Å². The molecule has 4 heteroatoms. The lowest BCUT2D eigenvalue weighted by Gasteiger charge is -2.51. The van der Waals surface area contributed by atoms with Crippen LogP contribution >= 0.6 is 11.8 Å². The molecule has 16 heavy (non-hydrogen) atoms. The number of piperidine rings is 1. The molecule has 2 heterocycles. The molecule has 3 nitrogen and oxygen atoms in total. The highest BCUT2D eigenvalue weighted by Crippen LogP contribution is 2.32. The van der Waals surface area contributed by atoms with Crippen molar-refractivity contribution < 1.29 is 0 Å². The van der Waals surface area contributed by atoms with Gasteiger partial charge in [-0.3, -0.25) is 4.90 Å². The van der Waals surface area contributed by atoms with Crippen molar-refractivity contribution in [2.75, 3.05) is 44.7 Å². The second-order valence-electron chi connectivity index (χ2n) is 5.31. The summed E-state index contributed by atoms with van der Waals surface area (Å²) < 4.78 is 0. The van der Waals surface area contributed by atoms with Gasteiger partial charge in [0.25, 0.3) is 0 Å². The van der Waals surface area contributed by atoms with E-state index in [2.05, 4.69) is 35.5 Å². The minimum Gasteiger partial charge on any atom is -0.329 e. The zero-order chi connectivity index (χ0) is 11.6. The van der Waals surface area contributed by atoms with Crippen molar-refractivity contribution in [2.24, 2.45) is 5.73 Å². The molecule has 2 aliphatic rings. The van der Waals surface area contributed by atoms with Crippen molar-refractivity contribution in [3.8, 4) is 0 Å². The Labute approximate surface area is 104 Å². The Morgan fingerprint density at radius 3 is 2.56 bits per heavy atom. The maximum absolute atomic E-state index is 6.11. The van der Waals surface area contributed by atoms with Gasteiger partial charge in [-0.2, -0.15) is 11.8 Å². The van der Waals surface area contributed by atoms with Gasteiger partial charge in [-0.25, -0.2) is 0 Å². The molecule has 2 unspecified atom stereocenters. The van der Waals surface area contributed by atoms with Gasteiger partial charge in [0.05, 0.1) is 0 Å². The van der Waals surface area contributed by atoms with Crippen molar-refractivity contribution in [3.63, 3.8) is 0 Å². The van der Waals surface area contributed by atoms with E-state index in [0.717, 1.165) is 6.54 Å². The summed E-state index contributed by atoms with van der Waals surface area (Å²) >= 11 is 2.08. The Morgan fingerprint density at radius 2 is 2.00 bits per heavy atom. The van der Waals surface area contributed by atoms with E-state index in [1.165, 1.54) is 44.0 Å². The fraction of sp³-hybridized carbons (Fsp3) is 1.00. The maximum atomic E-state index is 6.11. The SMILES string of the molecule is CC1CC(CN)(N2CCSCC2)CCN1C. The second kappa shape index (κ2) is 5.25. The van der Waals surface area contributed by atoms with Crippen LogP contribution in [0.1, 0.15) is 19.8 Å². The molecule has 2 aliphatic heterocycles. The van der Waals surface area contributed by atoms with Crippen molar-refractivity contribution in [2.45, 2.75) is 31.3 Å². The number of likely N-dealkylation sites (tertiary alicyclic amines) is 1. The van der Waals surface area contributed by atoms with Crippen LogP contribution in [0.2, 0.25) is 0 Å². The number of rotatable bonds is 2. The first-order valence-corrected chi connectivity index (χ1v) is 7.56. The lowest BCUT2D eigenvalue weighted by molar-refractivity contribution is 0.0165. The monoisotopic (exact) mass is 243 g/mol. The third kappa shape index (κ3) is 2.40. The average molecular weight is 243 g/mol. The number of nitrogens with two attached hydrogens (primary N) is 1. The molecule has 0 amide bonds. The van der Waals surface area contributed by atoms with E-state index in [0.29, 0.717) is 11.6 Å². The van der Waals surface area contributed by atoms with E-state index in [9.17, 15) is 0 Å². The van der Waals surface area contributed by atoms with Crippen LogP contribution in [0.4, 0.5) is 0 Å². The van der Waals surface area contributed by atoms with Crippen molar-refractivity contribution in [1.82, 2.24) is 9.80 Å². The van der Waals surface area contributed by atoms with Gasteiger partial charge in [0, 0.05) is 42.7 Å². The minimum absolute atomic E-state index is 0.299. The first-order valence-electron chi connectivity index (χ1n) is 6.41. The Kier molecular flexibility index (Phi) is 4.16. The third-order valence-corrected chi connectivity index (χ3v) is 5.36. The van der Waals surface area contributed by atoms with E-state index in [1.54, 1.807) is 0 Å². The number of nitrogens with zero attached hydrogens (tertiary/aromatic N) is 2. The Morgan fingerprint density at radius 1 is 1.31 bits per heavy atom.